The Morgan fingerprint density at radius 3 is 2.38 bits per heavy atom. The number of piperidine rings is 1. The molecule has 7 heteroatoms. The molecule has 0 aliphatic carbocycles. The van der Waals surface area contributed by atoms with Crippen LogP contribution in [0.5, 0.6) is 0 Å². The predicted molar refractivity (Wildman–Crippen MR) is 90.8 cm³/mol. The van der Waals surface area contributed by atoms with Crippen LogP contribution < -0.4 is 5.32 Å². The van der Waals surface area contributed by atoms with Gasteiger partial charge in [-0.1, -0.05) is 20.3 Å². The largest absolute Gasteiger partial charge is 0.349 e. The van der Waals surface area contributed by atoms with Gasteiger partial charge in [-0.05, 0) is 43.9 Å². The Balaban J connectivity index is 2.29. The fraction of sp³-hybridized carbons (Fsp3) is 0.588. The Kier molecular flexibility index (Phi) is 5.98. The Bertz CT molecular complexity index is 698. The zero-order valence-corrected chi connectivity index (χ0v) is 15.2. The van der Waals surface area contributed by atoms with Crippen molar-refractivity contribution < 1.29 is 17.6 Å². The molecule has 1 N–H and O–H groups in total. The van der Waals surface area contributed by atoms with Gasteiger partial charge in [0.25, 0.3) is 5.91 Å². The molecular formula is C17H25FN2O3S. The van der Waals surface area contributed by atoms with Gasteiger partial charge < -0.3 is 5.32 Å². The molecule has 1 unspecified atom stereocenters. The van der Waals surface area contributed by atoms with Crippen LogP contribution in [-0.2, 0) is 10.0 Å². The van der Waals surface area contributed by atoms with E-state index in [2.05, 4.69) is 5.32 Å². The van der Waals surface area contributed by atoms with Crippen molar-refractivity contribution in [1.82, 2.24) is 9.62 Å². The van der Waals surface area contributed by atoms with Crippen LogP contribution >= 0.6 is 0 Å². The smallest absolute Gasteiger partial charge is 0.251 e. The highest BCUT2D eigenvalue weighted by Gasteiger charge is 2.29. The van der Waals surface area contributed by atoms with Crippen LogP contribution in [0.4, 0.5) is 4.39 Å². The number of carbonyl (C=O) groups is 1. The molecule has 5 nitrogen and oxygen atoms in total. The second-order valence-corrected chi connectivity index (χ2v) is 8.52. The van der Waals surface area contributed by atoms with Crippen molar-refractivity contribution in [2.75, 3.05) is 13.1 Å². The van der Waals surface area contributed by atoms with E-state index in [0.29, 0.717) is 13.1 Å². The van der Waals surface area contributed by atoms with Gasteiger partial charge in [0.1, 0.15) is 10.7 Å². The van der Waals surface area contributed by atoms with E-state index in [1.165, 1.54) is 10.4 Å². The van der Waals surface area contributed by atoms with Crippen LogP contribution in [0.15, 0.2) is 23.1 Å². The van der Waals surface area contributed by atoms with Gasteiger partial charge in [-0.15, -0.1) is 0 Å². The van der Waals surface area contributed by atoms with Gasteiger partial charge in [-0.3, -0.25) is 4.79 Å². The molecule has 1 atom stereocenters. The molecule has 1 amide bonds. The number of nitrogens with zero attached hydrogens (tertiary/aromatic N) is 1. The normalized spacial score (nSPS) is 17.7. The summed E-state index contributed by atoms with van der Waals surface area (Å²) in [4.78, 5) is 11.9. The average molecular weight is 356 g/mol. The minimum absolute atomic E-state index is 0.0651. The van der Waals surface area contributed by atoms with E-state index in [9.17, 15) is 17.6 Å². The molecule has 0 aromatic heterocycles. The van der Waals surface area contributed by atoms with E-state index in [0.717, 1.165) is 31.4 Å². The first-order valence-electron chi connectivity index (χ1n) is 8.34. The molecule has 1 fully saturated rings. The number of nitrogens with one attached hydrogen (secondary N) is 1. The summed E-state index contributed by atoms with van der Waals surface area (Å²) in [6.45, 7) is 6.60. The summed E-state index contributed by atoms with van der Waals surface area (Å²) in [5.74, 6) is -0.980. The highest BCUT2D eigenvalue weighted by molar-refractivity contribution is 7.89. The van der Waals surface area contributed by atoms with E-state index >= 15 is 0 Å². The summed E-state index contributed by atoms with van der Waals surface area (Å²) < 4.78 is 40.8. The second kappa shape index (κ2) is 7.61. The van der Waals surface area contributed by atoms with E-state index in [1.54, 1.807) is 0 Å². The molecule has 0 saturated carbocycles. The van der Waals surface area contributed by atoms with Crippen LogP contribution in [-0.4, -0.2) is 37.8 Å². The van der Waals surface area contributed by atoms with Crippen molar-refractivity contribution in [2.24, 2.45) is 5.92 Å². The minimum atomic E-state index is -3.92. The number of hydrogen-bond acceptors (Lipinski definition) is 3. The van der Waals surface area contributed by atoms with E-state index in [1.807, 2.05) is 20.8 Å². The van der Waals surface area contributed by atoms with Gasteiger partial charge >= 0.3 is 0 Å². The Hall–Kier alpha value is -1.47. The van der Waals surface area contributed by atoms with E-state index in [-0.39, 0.29) is 17.5 Å². The molecular weight excluding hydrogens is 331 g/mol. The zero-order chi connectivity index (χ0) is 17.9. The van der Waals surface area contributed by atoms with Gasteiger partial charge in [-0.25, -0.2) is 12.8 Å². The van der Waals surface area contributed by atoms with Crippen molar-refractivity contribution in [2.45, 2.75) is 51.0 Å². The Labute approximate surface area is 143 Å². The van der Waals surface area contributed by atoms with Crippen LogP contribution in [0.3, 0.4) is 0 Å². The SMILES string of the molecule is CC(C)C(C)NC(=O)c1ccc(F)c(S(=O)(=O)N2CCCCC2)c1. The van der Waals surface area contributed by atoms with E-state index in [4.69, 9.17) is 0 Å². The third kappa shape index (κ3) is 4.13. The topological polar surface area (TPSA) is 66.5 Å². The van der Waals surface area contributed by atoms with Crippen molar-refractivity contribution in [3.63, 3.8) is 0 Å². The number of sulfonamides is 1. The number of halogens is 1. The molecule has 0 spiro atoms. The fourth-order valence-corrected chi connectivity index (χ4v) is 4.15. The monoisotopic (exact) mass is 356 g/mol. The van der Waals surface area contributed by atoms with Crippen molar-refractivity contribution in [3.05, 3.63) is 29.6 Å². The number of benzene rings is 1. The summed E-state index contributed by atoms with van der Waals surface area (Å²) in [6, 6.07) is 3.44. The van der Waals surface area contributed by atoms with Crippen LogP contribution in [0.1, 0.15) is 50.4 Å². The molecule has 1 heterocycles. The maximum Gasteiger partial charge on any atom is 0.251 e. The molecule has 1 aliphatic heterocycles. The van der Waals surface area contributed by atoms with Crippen LogP contribution in [0.2, 0.25) is 0 Å². The molecule has 1 saturated heterocycles. The van der Waals surface area contributed by atoms with Gasteiger partial charge in [0.2, 0.25) is 10.0 Å². The summed E-state index contributed by atoms with van der Waals surface area (Å²) in [5.41, 5.74) is 0.152. The molecule has 1 aliphatic rings. The molecule has 0 bridgehead atoms. The van der Waals surface area contributed by atoms with Crippen molar-refractivity contribution in [3.8, 4) is 0 Å². The quantitative estimate of drug-likeness (QED) is 0.882. The molecule has 1 aromatic rings. The molecule has 24 heavy (non-hydrogen) atoms. The van der Waals surface area contributed by atoms with Gasteiger partial charge in [-0.2, -0.15) is 4.31 Å². The Morgan fingerprint density at radius 2 is 1.79 bits per heavy atom. The first-order valence-corrected chi connectivity index (χ1v) is 9.78. The molecule has 134 valence electrons. The number of rotatable bonds is 5. The minimum Gasteiger partial charge on any atom is -0.349 e. The van der Waals surface area contributed by atoms with Gasteiger partial charge in [0.15, 0.2) is 0 Å². The lowest BCUT2D eigenvalue weighted by Gasteiger charge is -2.26. The highest BCUT2D eigenvalue weighted by Crippen LogP contribution is 2.24. The van der Waals surface area contributed by atoms with Gasteiger partial charge in [0.05, 0.1) is 0 Å². The summed E-state index contributed by atoms with van der Waals surface area (Å²) in [6.07, 6.45) is 2.52. The van der Waals surface area contributed by atoms with Crippen LogP contribution in [0, 0.1) is 11.7 Å². The lowest BCUT2D eigenvalue weighted by molar-refractivity contribution is 0.0930. The fourth-order valence-electron chi connectivity index (χ4n) is 2.54. The van der Waals surface area contributed by atoms with E-state index < -0.39 is 26.6 Å². The standard InChI is InChI=1S/C17H25FN2O3S/c1-12(2)13(3)19-17(21)14-7-8-15(18)16(11-14)24(22,23)20-9-5-4-6-10-20/h7-8,11-13H,4-6,9-10H2,1-3H3,(H,19,21). The first kappa shape index (κ1) is 18.9. The molecule has 0 radical (unpaired) electrons. The van der Waals surface area contributed by atoms with Gasteiger partial charge in [0, 0.05) is 24.7 Å². The highest BCUT2D eigenvalue weighted by atomic mass is 32.2. The molecule has 2 rings (SSSR count). The average Bonchev–Trinajstić information content (AvgIpc) is 2.55. The first-order chi connectivity index (χ1) is 11.2. The maximum absolute atomic E-state index is 14.1. The van der Waals surface area contributed by atoms with Crippen molar-refractivity contribution in [1.29, 1.82) is 0 Å². The predicted octanol–water partition coefficient (Wildman–Crippen LogP) is 2.77. The van der Waals surface area contributed by atoms with Crippen molar-refractivity contribution >= 4 is 15.9 Å². The van der Waals surface area contributed by atoms with Crippen LogP contribution in [0.25, 0.3) is 0 Å². The third-order valence-electron chi connectivity index (χ3n) is 4.49. The second-order valence-electron chi connectivity index (χ2n) is 6.62. The Morgan fingerprint density at radius 1 is 1.17 bits per heavy atom. The number of carbonyl (C=O) groups excluding carboxylic acids is 1. The number of hydrogen-bond donors (Lipinski definition) is 1. The zero-order valence-electron chi connectivity index (χ0n) is 14.4. The molecule has 1 aromatic carbocycles. The number of amides is 1. The summed E-state index contributed by atoms with van der Waals surface area (Å²) in [5, 5.41) is 2.80. The third-order valence-corrected chi connectivity index (χ3v) is 6.40. The lowest BCUT2D eigenvalue weighted by Crippen LogP contribution is -2.37. The summed E-state index contributed by atoms with van der Waals surface area (Å²) in [7, 11) is -3.92. The summed E-state index contributed by atoms with van der Waals surface area (Å²) >= 11 is 0. The lowest BCUT2D eigenvalue weighted by atomic mass is 10.1. The maximum atomic E-state index is 14.1.